The molecular weight excluding hydrogens is 305 g/mol. The fourth-order valence-corrected chi connectivity index (χ4v) is 2.29. The number of nitrogens with two attached hydrogens (primary N) is 1. The van der Waals surface area contributed by atoms with Crippen molar-refractivity contribution in [3.05, 3.63) is 34.5 Å². The van der Waals surface area contributed by atoms with E-state index in [0.29, 0.717) is 17.3 Å². The van der Waals surface area contributed by atoms with Gasteiger partial charge < -0.3 is 16.0 Å². The maximum absolute atomic E-state index is 13.1. The molecule has 0 saturated heterocycles. The molecule has 21 heavy (non-hydrogen) atoms. The van der Waals surface area contributed by atoms with Gasteiger partial charge in [-0.1, -0.05) is 11.3 Å². The van der Waals surface area contributed by atoms with Crippen LogP contribution in [0.4, 0.5) is 29.8 Å². The summed E-state index contributed by atoms with van der Waals surface area (Å²) >= 11 is 1.02. The summed E-state index contributed by atoms with van der Waals surface area (Å²) in [6.07, 6.45) is 0. The van der Waals surface area contributed by atoms with Gasteiger partial charge in [-0.05, 0) is 0 Å². The highest BCUT2D eigenvalue weighted by Crippen LogP contribution is 2.28. The predicted octanol–water partition coefficient (Wildman–Crippen LogP) is 2.46. The molecule has 0 aliphatic rings. The van der Waals surface area contributed by atoms with E-state index in [-0.39, 0.29) is 16.4 Å². The van der Waals surface area contributed by atoms with Gasteiger partial charge in [-0.25, -0.2) is 18.2 Å². The predicted molar refractivity (Wildman–Crippen MR) is 75.1 cm³/mol. The second-order valence-corrected chi connectivity index (χ2v) is 5.29. The lowest BCUT2D eigenvalue weighted by molar-refractivity contribution is 0.103. The average Bonchev–Trinajstić information content (AvgIpc) is 2.78. The zero-order valence-electron chi connectivity index (χ0n) is 11.1. The summed E-state index contributed by atoms with van der Waals surface area (Å²) < 4.78 is 39.0. The topological polar surface area (TPSA) is 71.2 Å². The third kappa shape index (κ3) is 3.07. The van der Waals surface area contributed by atoms with Crippen LogP contribution in [0.3, 0.4) is 0 Å². The van der Waals surface area contributed by atoms with Gasteiger partial charge in [0.05, 0.1) is 0 Å². The molecule has 0 bridgehead atoms. The van der Waals surface area contributed by atoms with E-state index in [4.69, 9.17) is 5.73 Å². The zero-order valence-corrected chi connectivity index (χ0v) is 11.9. The van der Waals surface area contributed by atoms with Crippen LogP contribution in [-0.2, 0) is 0 Å². The van der Waals surface area contributed by atoms with Crippen LogP contribution in [-0.4, -0.2) is 25.0 Å². The summed E-state index contributed by atoms with van der Waals surface area (Å²) in [7, 11) is 3.45. The Balaban J connectivity index is 2.26. The maximum atomic E-state index is 13.1. The van der Waals surface area contributed by atoms with Gasteiger partial charge in [-0.2, -0.15) is 0 Å². The Kier molecular flexibility index (Phi) is 4.03. The molecule has 2 aromatic rings. The number of nitrogen functional groups attached to an aromatic ring is 1. The SMILES string of the molecule is CN(C)c1nc(N)c(C(=O)Nc2cc(F)c(F)c(F)c2)s1. The molecule has 0 saturated carbocycles. The van der Waals surface area contributed by atoms with Crippen LogP contribution < -0.4 is 16.0 Å². The standard InChI is InChI=1S/C12H11F3N4OS/c1-19(2)12-18-10(16)9(21-12)11(20)17-5-3-6(13)8(15)7(14)4-5/h3-4H,16H2,1-2H3,(H,17,20). The lowest BCUT2D eigenvalue weighted by atomic mass is 10.2. The highest BCUT2D eigenvalue weighted by molar-refractivity contribution is 7.18. The first kappa shape index (κ1) is 15.1. The fourth-order valence-electron chi connectivity index (χ4n) is 1.49. The quantitative estimate of drug-likeness (QED) is 0.853. The van der Waals surface area contributed by atoms with Crippen LogP contribution >= 0.6 is 11.3 Å². The average molecular weight is 316 g/mol. The summed E-state index contributed by atoms with van der Waals surface area (Å²) in [4.78, 5) is 17.7. The first-order valence-electron chi connectivity index (χ1n) is 5.69. The second kappa shape index (κ2) is 5.60. The lowest BCUT2D eigenvalue weighted by Gasteiger charge is -2.06. The van der Waals surface area contributed by atoms with E-state index in [0.717, 1.165) is 11.3 Å². The van der Waals surface area contributed by atoms with Gasteiger partial charge in [-0.15, -0.1) is 0 Å². The molecule has 1 heterocycles. The lowest BCUT2D eigenvalue weighted by Crippen LogP contribution is -2.13. The van der Waals surface area contributed by atoms with Crippen molar-refractivity contribution >= 4 is 33.9 Å². The molecule has 1 amide bonds. The number of nitrogens with one attached hydrogen (secondary N) is 1. The van der Waals surface area contributed by atoms with Gasteiger partial charge in [0, 0.05) is 31.9 Å². The molecule has 5 nitrogen and oxygen atoms in total. The van der Waals surface area contributed by atoms with E-state index in [1.165, 1.54) is 0 Å². The van der Waals surface area contributed by atoms with E-state index < -0.39 is 23.4 Å². The van der Waals surface area contributed by atoms with Crippen molar-refractivity contribution in [1.82, 2.24) is 4.98 Å². The Labute approximate surface area is 122 Å². The molecular formula is C12H11F3N4OS. The van der Waals surface area contributed by atoms with Crippen LogP contribution in [0, 0.1) is 17.5 Å². The Bertz CT molecular complexity index is 679. The van der Waals surface area contributed by atoms with Crippen molar-refractivity contribution in [2.24, 2.45) is 0 Å². The number of aromatic nitrogens is 1. The molecule has 0 fully saturated rings. The third-order valence-corrected chi connectivity index (χ3v) is 3.71. The highest BCUT2D eigenvalue weighted by atomic mass is 32.1. The molecule has 0 atom stereocenters. The van der Waals surface area contributed by atoms with Gasteiger partial charge >= 0.3 is 0 Å². The number of hydrogen-bond donors (Lipinski definition) is 2. The van der Waals surface area contributed by atoms with E-state index in [2.05, 4.69) is 10.3 Å². The Morgan fingerprint density at radius 3 is 2.33 bits per heavy atom. The third-order valence-electron chi connectivity index (χ3n) is 2.47. The summed E-state index contributed by atoms with van der Waals surface area (Å²) in [5, 5.41) is 2.75. The van der Waals surface area contributed by atoms with Crippen LogP contribution in [0.5, 0.6) is 0 Å². The monoisotopic (exact) mass is 316 g/mol. The first-order chi connectivity index (χ1) is 9.79. The van der Waals surface area contributed by atoms with Crippen molar-refractivity contribution < 1.29 is 18.0 Å². The van der Waals surface area contributed by atoms with Gasteiger partial charge in [0.25, 0.3) is 5.91 Å². The molecule has 0 aliphatic carbocycles. The van der Waals surface area contributed by atoms with Gasteiger partial charge in [0.1, 0.15) is 10.7 Å². The number of hydrogen-bond acceptors (Lipinski definition) is 5. The summed E-state index contributed by atoms with van der Waals surface area (Å²) in [5.74, 6) is -5.05. The first-order valence-corrected chi connectivity index (χ1v) is 6.50. The van der Waals surface area contributed by atoms with Crippen LogP contribution in [0.25, 0.3) is 0 Å². The molecule has 1 aromatic carbocycles. The largest absolute Gasteiger partial charge is 0.382 e. The van der Waals surface area contributed by atoms with E-state index in [1.54, 1.807) is 19.0 Å². The molecule has 0 unspecified atom stereocenters. The Hall–Kier alpha value is -2.29. The number of nitrogens with zero attached hydrogens (tertiary/aromatic N) is 2. The van der Waals surface area contributed by atoms with Crippen molar-refractivity contribution in [3.8, 4) is 0 Å². The number of rotatable bonds is 3. The smallest absolute Gasteiger partial charge is 0.269 e. The molecule has 0 aliphatic heterocycles. The minimum Gasteiger partial charge on any atom is -0.382 e. The summed E-state index contributed by atoms with van der Waals surface area (Å²) in [6.45, 7) is 0. The highest BCUT2D eigenvalue weighted by Gasteiger charge is 2.19. The Morgan fingerprint density at radius 1 is 1.29 bits per heavy atom. The number of amides is 1. The number of thiazole rings is 1. The van der Waals surface area contributed by atoms with Gasteiger partial charge in [0.15, 0.2) is 22.6 Å². The summed E-state index contributed by atoms with van der Waals surface area (Å²) in [6, 6.07) is 1.36. The van der Waals surface area contributed by atoms with E-state index >= 15 is 0 Å². The van der Waals surface area contributed by atoms with Crippen LogP contribution in [0.15, 0.2) is 12.1 Å². The molecule has 112 valence electrons. The zero-order chi connectivity index (χ0) is 15.7. The molecule has 0 spiro atoms. The number of benzene rings is 1. The number of carbonyl (C=O) groups excluding carboxylic acids is 1. The van der Waals surface area contributed by atoms with Gasteiger partial charge in [-0.3, -0.25) is 4.79 Å². The number of carbonyl (C=O) groups is 1. The maximum Gasteiger partial charge on any atom is 0.269 e. The molecule has 3 N–H and O–H groups in total. The molecule has 9 heteroatoms. The number of halogens is 3. The van der Waals surface area contributed by atoms with Gasteiger partial charge in [0.2, 0.25) is 0 Å². The van der Waals surface area contributed by atoms with Crippen LogP contribution in [0.2, 0.25) is 0 Å². The Morgan fingerprint density at radius 2 is 1.86 bits per heavy atom. The summed E-state index contributed by atoms with van der Waals surface area (Å²) in [5.41, 5.74) is 5.41. The molecule has 2 rings (SSSR count). The second-order valence-electron chi connectivity index (χ2n) is 4.31. The van der Waals surface area contributed by atoms with Crippen molar-refractivity contribution in [2.75, 3.05) is 30.0 Å². The van der Waals surface area contributed by atoms with Crippen molar-refractivity contribution in [3.63, 3.8) is 0 Å². The normalized spacial score (nSPS) is 10.5. The minimum atomic E-state index is -1.60. The van der Waals surface area contributed by atoms with Crippen molar-refractivity contribution in [2.45, 2.75) is 0 Å². The van der Waals surface area contributed by atoms with E-state index in [1.807, 2.05) is 0 Å². The minimum absolute atomic E-state index is 0.00394. The fraction of sp³-hybridized carbons (Fsp3) is 0.167. The number of anilines is 3. The molecule has 0 radical (unpaired) electrons. The van der Waals surface area contributed by atoms with E-state index in [9.17, 15) is 18.0 Å². The molecule has 1 aromatic heterocycles. The van der Waals surface area contributed by atoms with Crippen LogP contribution in [0.1, 0.15) is 9.67 Å². The van der Waals surface area contributed by atoms with Crippen molar-refractivity contribution in [1.29, 1.82) is 0 Å².